The number of pyridine rings is 1. The molecule has 2 N–H and O–H groups in total. The smallest absolute Gasteiger partial charge is 0.226 e. The third kappa shape index (κ3) is 4.04. The highest BCUT2D eigenvalue weighted by Crippen LogP contribution is 2.31. The number of H-pyrrole nitrogens is 1. The van der Waals surface area contributed by atoms with E-state index in [1.807, 2.05) is 42.5 Å². The third-order valence-electron chi connectivity index (χ3n) is 5.16. The molecule has 0 saturated heterocycles. The number of carbonyl (C=O) groups is 1. The molecule has 0 unspecified atom stereocenters. The van der Waals surface area contributed by atoms with Crippen molar-refractivity contribution in [1.29, 1.82) is 0 Å². The first-order valence-electron chi connectivity index (χ1n) is 10.0. The standard InChI is InChI=1S/C24H19FN4OS/c25-15-11-12-18-17(14-15)16(23(27-18)20-8-3-4-13-26-20)6-5-10-22(30)29-24-28-19-7-1-2-9-21(19)31-24/h1-4,7-9,11-14,27H,5-6,10H2,(H,28,29,30). The van der Waals surface area contributed by atoms with E-state index in [1.165, 1.54) is 23.5 Å². The van der Waals surface area contributed by atoms with Crippen LogP contribution in [0.2, 0.25) is 0 Å². The molecule has 5 aromatic rings. The van der Waals surface area contributed by atoms with Crippen LogP contribution in [0.25, 0.3) is 32.5 Å². The summed E-state index contributed by atoms with van der Waals surface area (Å²) in [5.41, 5.74) is 4.38. The van der Waals surface area contributed by atoms with E-state index in [0.29, 0.717) is 24.4 Å². The summed E-state index contributed by atoms with van der Waals surface area (Å²) in [5.74, 6) is -0.363. The van der Waals surface area contributed by atoms with E-state index < -0.39 is 0 Å². The molecule has 2 aromatic carbocycles. The van der Waals surface area contributed by atoms with E-state index in [4.69, 9.17) is 0 Å². The molecular formula is C24H19FN4OS. The molecule has 0 fully saturated rings. The number of anilines is 1. The van der Waals surface area contributed by atoms with Crippen molar-refractivity contribution in [2.24, 2.45) is 0 Å². The lowest BCUT2D eigenvalue weighted by Crippen LogP contribution is -2.11. The fourth-order valence-electron chi connectivity index (χ4n) is 3.74. The van der Waals surface area contributed by atoms with Gasteiger partial charge in [-0.25, -0.2) is 9.37 Å². The maximum absolute atomic E-state index is 13.9. The van der Waals surface area contributed by atoms with Crippen LogP contribution in [0.4, 0.5) is 9.52 Å². The van der Waals surface area contributed by atoms with Gasteiger partial charge < -0.3 is 10.3 Å². The molecule has 0 aliphatic rings. The second-order valence-corrected chi connectivity index (χ2v) is 8.30. The number of hydrogen-bond acceptors (Lipinski definition) is 4. The Morgan fingerprint density at radius 1 is 1.10 bits per heavy atom. The van der Waals surface area contributed by atoms with Gasteiger partial charge in [-0.15, -0.1) is 0 Å². The number of nitrogens with zero attached hydrogens (tertiary/aromatic N) is 2. The van der Waals surface area contributed by atoms with Gasteiger partial charge in [0.2, 0.25) is 5.91 Å². The second-order valence-electron chi connectivity index (χ2n) is 7.27. The summed E-state index contributed by atoms with van der Waals surface area (Å²) < 4.78 is 14.9. The van der Waals surface area contributed by atoms with Gasteiger partial charge in [-0.3, -0.25) is 9.78 Å². The Balaban J connectivity index is 1.33. The van der Waals surface area contributed by atoms with E-state index in [1.54, 1.807) is 12.3 Å². The van der Waals surface area contributed by atoms with Crippen LogP contribution in [-0.2, 0) is 11.2 Å². The molecule has 5 rings (SSSR count). The van der Waals surface area contributed by atoms with Gasteiger partial charge in [0.25, 0.3) is 0 Å². The van der Waals surface area contributed by atoms with Crippen molar-refractivity contribution in [2.45, 2.75) is 19.3 Å². The summed E-state index contributed by atoms with van der Waals surface area (Å²) in [7, 11) is 0. The SMILES string of the molecule is O=C(CCCc1c(-c2ccccn2)[nH]c2ccc(F)cc12)Nc1nc2ccccc2s1. The minimum absolute atomic E-state index is 0.0792. The number of hydrogen-bond donors (Lipinski definition) is 2. The van der Waals surface area contributed by atoms with Crippen LogP contribution < -0.4 is 5.32 Å². The number of aromatic amines is 1. The lowest BCUT2D eigenvalue weighted by atomic mass is 10.0. The Bertz CT molecular complexity index is 1340. The summed E-state index contributed by atoms with van der Waals surface area (Å²) in [4.78, 5) is 24.7. The molecule has 154 valence electrons. The minimum Gasteiger partial charge on any atom is -0.353 e. The molecule has 0 aliphatic carbocycles. The summed E-state index contributed by atoms with van der Waals surface area (Å²) >= 11 is 1.46. The van der Waals surface area contributed by atoms with E-state index >= 15 is 0 Å². The molecule has 3 heterocycles. The Kier molecular flexibility index (Phi) is 5.18. The molecule has 7 heteroatoms. The zero-order valence-electron chi connectivity index (χ0n) is 16.6. The maximum Gasteiger partial charge on any atom is 0.226 e. The summed E-state index contributed by atoms with van der Waals surface area (Å²) in [6.07, 6.45) is 3.33. The molecule has 0 spiro atoms. The highest BCUT2D eigenvalue weighted by atomic mass is 32.1. The van der Waals surface area contributed by atoms with Crippen molar-refractivity contribution in [3.05, 3.63) is 78.2 Å². The normalized spacial score (nSPS) is 11.3. The largest absolute Gasteiger partial charge is 0.353 e. The van der Waals surface area contributed by atoms with E-state index in [-0.39, 0.29) is 11.7 Å². The molecule has 0 saturated carbocycles. The van der Waals surface area contributed by atoms with Crippen molar-refractivity contribution in [3.8, 4) is 11.4 Å². The highest BCUT2D eigenvalue weighted by molar-refractivity contribution is 7.22. The van der Waals surface area contributed by atoms with Crippen molar-refractivity contribution in [2.75, 3.05) is 5.32 Å². The first-order chi connectivity index (χ1) is 15.2. The van der Waals surface area contributed by atoms with Gasteiger partial charge in [-0.1, -0.05) is 29.5 Å². The van der Waals surface area contributed by atoms with Gasteiger partial charge in [-0.2, -0.15) is 0 Å². The van der Waals surface area contributed by atoms with Crippen LogP contribution in [0, 0.1) is 5.82 Å². The minimum atomic E-state index is -0.283. The van der Waals surface area contributed by atoms with Crippen molar-refractivity contribution >= 4 is 43.5 Å². The molecule has 0 atom stereocenters. The van der Waals surface area contributed by atoms with Gasteiger partial charge in [0, 0.05) is 23.5 Å². The summed E-state index contributed by atoms with van der Waals surface area (Å²) in [5, 5.41) is 4.32. The number of aryl methyl sites for hydroxylation is 1. The Morgan fingerprint density at radius 3 is 2.81 bits per heavy atom. The number of amides is 1. The van der Waals surface area contributed by atoms with Gasteiger partial charge in [-0.05, 0) is 60.9 Å². The third-order valence-corrected chi connectivity index (χ3v) is 6.11. The number of fused-ring (bicyclic) bond motifs is 2. The van der Waals surface area contributed by atoms with Gasteiger partial charge in [0.15, 0.2) is 5.13 Å². The number of aromatic nitrogens is 3. The predicted octanol–water partition coefficient (Wildman–Crippen LogP) is 5.94. The van der Waals surface area contributed by atoms with Crippen molar-refractivity contribution in [1.82, 2.24) is 15.0 Å². The van der Waals surface area contributed by atoms with E-state index in [2.05, 4.69) is 20.3 Å². The van der Waals surface area contributed by atoms with Crippen LogP contribution in [0.15, 0.2) is 66.9 Å². The first-order valence-corrected chi connectivity index (χ1v) is 10.9. The Labute approximate surface area is 182 Å². The summed E-state index contributed by atoms with van der Waals surface area (Å²) in [6.45, 7) is 0. The van der Waals surface area contributed by atoms with Gasteiger partial charge >= 0.3 is 0 Å². The number of thiazole rings is 1. The molecule has 1 amide bonds. The van der Waals surface area contributed by atoms with Crippen LogP contribution >= 0.6 is 11.3 Å². The number of para-hydroxylation sites is 1. The average Bonchev–Trinajstić information content (AvgIpc) is 3.35. The van der Waals surface area contributed by atoms with Crippen molar-refractivity contribution in [3.63, 3.8) is 0 Å². The van der Waals surface area contributed by atoms with Crippen LogP contribution in [0.1, 0.15) is 18.4 Å². The lowest BCUT2D eigenvalue weighted by molar-refractivity contribution is -0.116. The first kappa shape index (κ1) is 19.4. The topological polar surface area (TPSA) is 70.7 Å². The highest BCUT2D eigenvalue weighted by Gasteiger charge is 2.15. The number of benzene rings is 2. The fourth-order valence-corrected chi connectivity index (χ4v) is 4.62. The van der Waals surface area contributed by atoms with Gasteiger partial charge in [0.1, 0.15) is 5.82 Å². The molecule has 3 aromatic heterocycles. The number of rotatable bonds is 6. The molecule has 31 heavy (non-hydrogen) atoms. The second kappa shape index (κ2) is 8.28. The van der Waals surface area contributed by atoms with Crippen LogP contribution in [0.3, 0.4) is 0 Å². The molecule has 0 radical (unpaired) electrons. The average molecular weight is 431 g/mol. The number of halogens is 1. The predicted molar refractivity (Wildman–Crippen MR) is 123 cm³/mol. The molecule has 0 bridgehead atoms. The zero-order chi connectivity index (χ0) is 21.2. The maximum atomic E-state index is 13.9. The van der Waals surface area contributed by atoms with Crippen LogP contribution in [-0.4, -0.2) is 20.9 Å². The van der Waals surface area contributed by atoms with E-state index in [0.717, 1.165) is 38.1 Å². The number of carbonyl (C=O) groups excluding carboxylic acids is 1. The van der Waals surface area contributed by atoms with Crippen LogP contribution in [0.5, 0.6) is 0 Å². The van der Waals surface area contributed by atoms with E-state index in [9.17, 15) is 9.18 Å². The van der Waals surface area contributed by atoms with Gasteiger partial charge in [0.05, 0.1) is 21.6 Å². The monoisotopic (exact) mass is 430 g/mol. The molecule has 5 nitrogen and oxygen atoms in total. The fraction of sp³-hybridized carbons (Fsp3) is 0.125. The summed E-state index contributed by atoms with van der Waals surface area (Å²) in [6, 6.07) is 18.2. The lowest BCUT2D eigenvalue weighted by Gasteiger charge is -2.05. The Morgan fingerprint density at radius 2 is 1.97 bits per heavy atom. The zero-order valence-corrected chi connectivity index (χ0v) is 17.4. The molecular weight excluding hydrogens is 411 g/mol. The Hall–Kier alpha value is -3.58. The number of nitrogens with one attached hydrogen (secondary N) is 2. The van der Waals surface area contributed by atoms with Crippen molar-refractivity contribution < 1.29 is 9.18 Å². The quantitative estimate of drug-likeness (QED) is 0.350. The molecule has 0 aliphatic heterocycles.